The number of aromatic nitrogens is 1. The quantitative estimate of drug-likeness (QED) is 0.573. The van der Waals surface area contributed by atoms with Gasteiger partial charge in [-0.1, -0.05) is 18.2 Å². The van der Waals surface area contributed by atoms with Crippen molar-refractivity contribution in [2.24, 2.45) is 0 Å². The van der Waals surface area contributed by atoms with Gasteiger partial charge in [-0.05, 0) is 25.5 Å². The standard InChI is InChI=1S/C9H11N/c1-3-4-9-6-5-8(2)10-7-9/h3-7H,1-2H3/b4-3+. The van der Waals surface area contributed by atoms with Crippen LogP contribution in [0.15, 0.2) is 24.4 Å². The maximum Gasteiger partial charge on any atom is 0.0373 e. The Morgan fingerprint density at radius 3 is 2.70 bits per heavy atom. The lowest BCUT2D eigenvalue weighted by atomic mass is 10.2. The van der Waals surface area contributed by atoms with Crippen LogP contribution in [0.5, 0.6) is 0 Å². The van der Waals surface area contributed by atoms with Crippen molar-refractivity contribution in [1.29, 1.82) is 0 Å². The number of rotatable bonds is 1. The first-order chi connectivity index (χ1) is 4.83. The van der Waals surface area contributed by atoms with Crippen molar-refractivity contribution >= 4 is 6.08 Å². The predicted molar refractivity (Wildman–Crippen MR) is 43.7 cm³/mol. The van der Waals surface area contributed by atoms with E-state index in [-0.39, 0.29) is 0 Å². The second-order valence-corrected chi connectivity index (χ2v) is 2.23. The van der Waals surface area contributed by atoms with Crippen LogP contribution in [0, 0.1) is 6.92 Å². The molecule has 0 aromatic carbocycles. The zero-order valence-corrected chi connectivity index (χ0v) is 6.33. The van der Waals surface area contributed by atoms with E-state index in [1.165, 1.54) is 0 Å². The number of hydrogen-bond donors (Lipinski definition) is 0. The molecule has 52 valence electrons. The summed E-state index contributed by atoms with van der Waals surface area (Å²) < 4.78 is 0. The Morgan fingerprint density at radius 1 is 1.40 bits per heavy atom. The lowest BCUT2D eigenvalue weighted by molar-refractivity contribution is 1.19. The molecular weight excluding hydrogens is 122 g/mol. The normalized spacial score (nSPS) is 10.6. The average molecular weight is 133 g/mol. The third-order valence-corrected chi connectivity index (χ3v) is 1.29. The van der Waals surface area contributed by atoms with Crippen LogP contribution in [0.1, 0.15) is 18.2 Å². The maximum atomic E-state index is 4.15. The Labute approximate surface area is 61.4 Å². The van der Waals surface area contributed by atoms with Gasteiger partial charge in [-0.3, -0.25) is 4.98 Å². The van der Waals surface area contributed by atoms with Gasteiger partial charge in [0.05, 0.1) is 0 Å². The zero-order chi connectivity index (χ0) is 7.40. The SMILES string of the molecule is C/C=C/c1ccc(C)nc1. The minimum atomic E-state index is 1.06. The first kappa shape index (κ1) is 7.00. The smallest absolute Gasteiger partial charge is 0.0373 e. The van der Waals surface area contributed by atoms with E-state index in [9.17, 15) is 0 Å². The van der Waals surface area contributed by atoms with E-state index in [1.54, 1.807) is 0 Å². The molecule has 0 aliphatic rings. The summed E-state index contributed by atoms with van der Waals surface area (Å²) in [4.78, 5) is 4.15. The van der Waals surface area contributed by atoms with E-state index in [4.69, 9.17) is 0 Å². The van der Waals surface area contributed by atoms with Gasteiger partial charge in [0, 0.05) is 11.9 Å². The van der Waals surface area contributed by atoms with Gasteiger partial charge in [0.1, 0.15) is 0 Å². The summed E-state index contributed by atoms with van der Waals surface area (Å²) in [5.41, 5.74) is 2.22. The van der Waals surface area contributed by atoms with Gasteiger partial charge >= 0.3 is 0 Å². The summed E-state index contributed by atoms with van der Waals surface area (Å²) in [5, 5.41) is 0. The third kappa shape index (κ3) is 1.69. The van der Waals surface area contributed by atoms with Crippen molar-refractivity contribution in [2.75, 3.05) is 0 Å². The largest absolute Gasteiger partial charge is 0.261 e. The topological polar surface area (TPSA) is 12.9 Å². The molecule has 1 nitrogen and oxygen atoms in total. The van der Waals surface area contributed by atoms with Crippen molar-refractivity contribution in [3.05, 3.63) is 35.7 Å². The van der Waals surface area contributed by atoms with Crippen LogP contribution in [0.25, 0.3) is 6.08 Å². The van der Waals surface area contributed by atoms with Gasteiger partial charge < -0.3 is 0 Å². The van der Waals surface area contributed by atoms with Crippen LogP contribution < -0.4 is 0 Å². The summed E-state index contributed by atoms with van der Waals surface area (Å²) in [6.45, 7) is 3.99. The monoisotopic (exact) mass is 133 g/mol. The van der Waals surface area contributed by atoms with Crippen LogP contribution in [0.3, 0.4) is 0 Å². The van der Waals surface area contributed by atoms with Crippen LogP contribution in [0.4, 0.5) is 0 Å². The minimum absolute atomic E-state index is 1.06. The molecule has 0 N–H and O–H groups in total. The Balaban J connectivity index is 2.89. The first-order valence-corrected chi connectivity index (χ1v) is 3.38. The second kappa shape index (κ2) is 3.16. The fourth-order valence-electron chi connectivity index (χ4n) is 0.770. The zero-order valence-electron chi connectivity index (χ0n) is 6.33. The molecule has 1 heteroatoms. The first-order valence-electron chi connectivity index (χ1n) is 3.38. The maximum absolute atomic E-state index is 4.15. The van der Waals surface area contributed by atoms with Crippen molar-refractivity contribution in [3.63, 3.8) is 0 Å². The van der Waals surface area contributed by atoms with Crippen molar-refractivity contribution in [2.45, 2.75) is 13.8 Å². The molecule has 0 amide bonds. The van der Waals surface area contributed by atoms with Crippen LogP contribution >= 0.6 is 0 Å². The van der Waals surface area contributed by atoms with Crippen LogP contribution in [-0.4, -0.2) is 4.98 Å². The Morgan fingerprint density at radius 2 is 2.20 bits per heavy atom. The molecule has 0 fully saturated rings. The molecule has 1 rings (SSSR count). The van der Waals surface area contributed by atoms with E-state index in [1.807, 2.05) is 38.3 Å². The van der Waals surface area contributed by atoms with Gasteiger partial charge in [0.2, 0.25) is 0 Å². The molecule has 0 saturated heterocycles. The molecule has 0 atom stereocenters. The summed E-state index contributed by atoms with van der Waals surface area (Å²) >= 11 is 0. The van der Waals surface area contributed by atoms with Crippen molar-refractivity contribution in [3.8, 4) is 0 Å². The van der Waals surface area contributed by atoms with Crippen molar-refractivity contribution in [1.82, 2.24) is 4.98 Å². The van der Waals surface area contributed by atoms with Gasteiger partial charge in [0.25, 0.3) is 0 Å². The molecular formula is C9H11N. The average Bonchev–Trinajstić information content (AvgIpc) is 1.95. The molecule has 0 saturated carbocycles. The number of pyridine rings is 1. The molecule has 1 aromatic rings. The van der Waals surface area contributed by atoms with Crippen LogP contribution in [0.2, 0.25) is 0 Å². The van der Waals surface area contributed by atoms with E-state index in [0.717, 1.165) is 11.3 Å². The summed E-state index contributed by atoms with van der Waals surface area (Å²) in [5.74, 6) is 0. The minimum Gasteiger partial charge on any atom is -0.261 e. The third-order valence-electron chi connectivity index (χ3n) is 1.29. The highest BCUT2D eigenvalue weighted by Gasteiger charge is 1.84. The molecule has 1 heterocycles. The summed E-state index contributed by atoms with van der Waals surface area (Å²) in [6, 6.07) is 4.07. The molecule has 0 bridgehead atoms. The van der Waals surface area contributed by atoms with E-state index < -0.39 is 0 Å². The van der Waals surface area contributed by atoms with Gasteiger partial charge in [-0.15, -0.1) is 0 Å². The highest BCUT2D eigenvalue weighted by molar-refractivity contribution is 5.47. The fourth-order valence-corrected chi connectivity index (χ4v) is 0.770. The Bertz CT molecular complexity index is 221. The number of hydrogen-bond acceptors (Lipinski definition) is 1. The molecule has 1 aromatic heterocycles. The van der Waals surface area contributed by atoms with Gasteiger partial charge in [-0.25, -0.2) is 0 Å². The lowest BCUT2D eigenvalue weighted by Crippen LogP contribution is -1.79. The predicted octanol–water partition coefficient (Wildman–Crippen LogP) is 2.42. The molecule has 0 aliphatic heterocycles. The summed E-state index contributed by atoms with van der Waals surface area (Å²) in [7, 11) is 0. The number of nitrogens with zero attached hydrogens (tertiary/aromatic N) is 1. The Kier molecular flexibility index (Phi) is 2.21. The molecule has 10 heavy (non-hydrogen) atoms. The fraction of sp³-hybridized carbons (Fsp3) is 0.222. The highest BCUT2D eigenvalue weighted by atomic mass is 14.6. The van der Waals surface area contributed by atoms with Crippen molar-refractivity contribution < 1.29 is 0 Å². The lowest BCUT2D eigenvalue weighted by Gasteiger charge is -1.91. The van der Waals surface area contributed by atoms with Crippen LogP contribution in [-0.2, 0) is 0 Å². The van der Waals surface area contributed by atoms with Gasteiger partial charge in [0.15, 0.2) is 0 Å². The van der Waals surface area contributed by atoms with E-state index >= 15 is 0 Å². The van der Waals surface area contributed by atoms with E-state index in [2.05, 4.69) is 11.1 Å². The van der Waals surface area contributed by atoms with Gasteiger partial charge in [-0.2, -0.15) is 0 Å². The number of aryl methyl sites for hydroxylation is 1. The highest BCUT2D eigenvalue weighted by Crippen LogP contribution is 2.00. The molecule has 0 unspecified atom stereocenters. The molecule has 0 radical (unpaired) electrons. The molecule has 0 aliphatic carbocycles. The molecule has 0 spiro atoms. The number of allylic oxidation sites excluding steroid dienone is 1. The summed E-state index contributed by atoms with van der Waals surface area (Å²) in [6.07, 6.45) is 5.91. The second-order valence-electron chi connectivity index (χ2n) is 2.23. The van der Waals surface area contributed by atoms with E-state index in [0.29, 0.717) is 0 Å². The Hall–Kier alpha value is -1.11.